The molecule has 0 atom stereocenters. The molecule has 8 heteroatoms. The van der Waals surface area contributed by atoms with E-state index in [0.29, 0.717) is 16.7 Å². The van der Waals surface area contributed by atoms with E-state index in [1.165, 1.54) is 17.8 Å². The van der Waals surface area contributed by atoms with Gasteiger partial charge in [0.25, 0.3) is 0 Å². The summed E-state index contributed by atoms with van der Waals surface area (Å²) in [6.45, 7) is 0.0753. The first-order valence-electron chi connectivity index (χ1n) is 9.90. The third-order valence-corrected chi connectivity index (χ3v) is 5.73. The zero-order valence-corrected chi connectivity index (χ0v) is 18.5. The number of rotatable bonds is 9. The van der Waals surface area contributed by atoms with Crippen LogP contribution in [0.3, 0.4) is 0 Å². The number of para-hydroxylation sites is 2. The fraction of sp³-hybridized carbons (Fsp3) is 0.167. The molecule has 0 aliphatic carbocycles. The van der Waals surface area contributed by atoms with E-state index in [1.54, 1.807) is 32.4 Å². The lowest BCUT2D eigenvalue weighted by Gasteiger charge is -2.13. The van der Waals surface area contributed by atoms with E-state index in [1.807, 2.05) is 53.1 Å². The summed E-state index contributed by atoms with van der Waals surface area (Å²) in [5, 5.41) is 9.37. The normalized spacial score (nSPS) is 10.7. The van der Waals surface area contributed by atoms with Crippen molar-refractivity contribution in [2.45, 2.75) is 17.5 Å². The van der Waals surface area contributed by atoms with Gasteiger partial charge in [0.2, 0.25) is 0 Å². The van der Waals surface area contributed by atoms with Crippen LogP contribution in [0.1, 0.15) is 11.4 Å². The highest BCUT2D eigenvalue weighted by molar-refractivity contribution is 7.98. The van der Waals surface area contributed by atoms with Crippen LogP contribution in [0.2, 0.25) is 0 Å². The zero-order valence-electron chi connectivity index (χ0n) is 17.7. The van der Waals surface area contributed by atoms with Crippen LogP contribution in [0, 0.1) is 5.82 Å². The second kappa shape index (κ2) is 10.2. The molecule has 3 aromatic carbocycles. The molecule has 1 aromatic heterocycles. The van der Waals surface area contributed by atoms with E-state index in [4.69, 9.17) is 14.2 Å². The Kier molecular flexibility index (Phi) is 6.91. The highest BCUT2D eigenvalue weighted by atomic mass is 32.2. The van der Waals surface area contributed by atoms with Crippen molar-refractivity contribution in [3.05, 3.63) is 90.0 Å². The smallest absolute Gasteiger partial charge is 0.196 e. The van der Waals surface area contributed by atoms with E-state index >= 15 is 0 Å². The monoisotopic (exact) mass is 451 g/mol. The second-order valence-corrected chi connectivity index (χ2v) is 7.70. The Labute approximate surface area is 190 Å². The highest BCUT2D eigenvalue weighted by Gasteiger charge is 2.17. The molecule has 0 aliphatic rings. The molecule has 0 unspecified atom stereocenters. The first-order chi connectivity index (χ1) is 15.7. The predicted octanol–water partition coefficient (Wildman–Crippen LogP) is 5.29. The van der Waals surface area contributed by atoms with Crippen molar-refractivity contribution in [3.8, 4) is 22.9 Å². The fourth-order valence-corrected chi connectivity index (χ4v) is 4.11. The minimum absolute atomic E-state index is 0.0753. The molecular weight excluding hydrogens is 429 g/mol. The van der Waals surface area contributed by atoms with Crippen LogP contribution in [0.4, 0.5) is 4.39 Å². The number of ether oxygens (including phenoxy) is 3. The Morgan fingerprint density at radius 1 is 0.875 bits per heavy atom. The summed E-state index contributed by atoms with van der Waals surface area (Å²) in [4.78, 5) is 0. The van der Waals surface area contributed by atoms with Crippen molar-refractivity contribution >= 4 is 11.8 Å². The molecule has 4 rings (SSSR count). The lowest BCUT2D eigenvalue weighted by atomic mass is 10.2. The number of hydrogen-bond acceptors (Lipinski definition) is 6. The number of nitrogens with zero attached hydrogens (tertiary/aromatic N) is 3. The number of hydrogen-bond donors (Lipinski definition) is 0. The fourth-order valence-electron chi connectivity index (χ4n) is 3.16. The summed E-state index contributed by atoms with van der Waals surface area (Å²) in [5.41, 5.74) is 1.87. The molecule has 4 aromatic rings. The average Bonchev–Trinajstić information content (AvgIpc) is 3.25. The molecule has 0 saturated carbocycles. The third-order valence-electron chi connectivity index (χ3n) is 4.75. The number of halogens is 1. The molecule has 0 aliphatic heterocycles. The Balaban J connectivity index is 1.61. The van der Waals surface area contributed by atoms with Crippen molar-refractivity contribution in [2.75, 3.05) is 14.2 Å². The molecule has 0 radical (unpaired) electrons. The predicted molar refractivity (Wildman–Crippen MR) is 121 cm³/mol. The van der Waals surface area contributed by atoms with Crippen LogP contribution in [-0.4, -0.2) is 29.0 Å². The summed E-state index contributed by atoms with van der Waals surface area (Å²) in [6, 6.07) is 21.7. The van der Waals surface area contributed by atoms with E-state index in [9.17, 15) is 4.39 Å². The van der Waals surface area contributed by atoms with E-state index in [-0.39, 0.29) is 12.4 Å². The van der Waals surface area contributed by atoms with Crippen LogP contribution in [0.5, 0.6) is 17.2 Å². The Morgan fingerprint density at radius 3 is 2.41 bits per heavy atom. The van der Waals surface area contributed by atoms with Crippen molar-refractivity contribution in [2.24, 2.45) is 0 Å². The van der Waals surface area contributed by atoms with Gasteiger partial charge < -0.3 is 14.2 Å². The van der Waals surface area contributed by atoms with Crippen LogP contribution < -0.4 is 14.2 Å². The zero-order chi connectivity index (χ0) is 22.3. The maximum absolute atomic E-state index is 14.0. The first-order valence-corrected chi connectivity index (χ1v) is 10.9. The molecule has 0 N–H and O–H groups in total. The highest BCUT2D eigenvalue weighted by Crippen LogP contribution is 2.31. The van der Waals surface area contributed by atoms with E-state index in [0.717, 1.165) is 22.7 Å². The first kappa shape index (κ1) is 21.7. The molecule has 6 nitrogen and oxygen atoms in total. The van der Waals surface area contributed by atoms with Gasteiger partial charge in [0.1, 0.15) is 18.1 Å². The lowest BCUT2D eigenvalue weighted by Crippen LogP contribution is -2.07. The van der Waals surface area contributed by atoms with Gasteiger partial charge in [-0.3, -0.25) is 4.57 Å². The van der Waals surface area contributed by atoms with Gasteiger partial charge in [0.15, 0.2) is 22.5 Å². The summed E-state index contributed by atoms with van der Waals surface area (Å²) in [7, 11) is 3.27. The Morgan fingerprint density at radius 2 is 1.66 bits per heavy atom. The minimum atomic E-state index is -0.419. The molecule has 0 spiro atoms. The van der Waals surface area contributed by atoms with Crippen LogP contribution >= 0.6 is 11.8 Å². The Bertz CT molecular complexity index is 1180. The van der Waals surface area contributed by atoms with Crippen molar-refractivity contribution in [1.29, 1.82) is 0 Å². The summed E-state index contributed by atoms with van der Waals surface area (Å²) >= 11 is 1.51. The van der Waals surface area contributed by atoms with Gasteiger partial charge in [-0.05, 0) is 42.5 Å². The minimum Gasteiger partial charge on any atom is -0.497 e. The average molecular weight is 452 g/mol. The molecule has 0 amide bonds. The molecular formula is C24H22FN3O3S. The van der Waals surface area contributed by atoms with E-state index < -0.39 is 5.82 Å². The quantitative estimate of drug-likeness (QED) is 0.322. The number of aromatic nitrogens is 3. The van der Waals surface area contributed by atoms with Crippen LogP contribution in [0.25, 0.3) is 5.69 Å². The van der Waals surface area contributed by atoms with Crippen LogP contribution in [0.15, 0.2) is 78.0 Å². The van der Waals surface area contributed by atoms with Crippen molar-refractivity contribution < 1.29 is 18.6 Å². The molecule has 32 heavy (non-hydrogen) atoms. The van der Waals surface area contributed by atoms with Crippen LogP contribution in [-0.2, 0) is 12.4 Å². The van der Waals surface area contributed by atoms with Gasteiger partial charge in [-0.25, -0.2) is 4.39 Å². The maximum Gasteiger partial charge on any atom is 0.196 e. The van der Waals surface area contributed by atoms with Gasteiger partial charge in [-0.2, -0.15) is 0 Å². The lowest BCUT2D eigenvalue weighted by molar-refractivity contribution is 0.278. The largest absolute Gasteiger partial charge is 0.497 e. The summed E-state index contributed by atoms with van der Waals surface area (Å²) in [6.07, 6.45) is 0. The molecule has 0 saturated heterocycles. The summed E-state index contributed by atoms with van der Waals surface area (Å²) in [5.74, 6) is 2.44. The molecule has 0 fully saturated rings. The van der Waals surface area contributed by atoms with Crippen molar-refractivity contribution in [3.63, 3.8) is 0 Å². The van der Waals surface area contributed by atoms with Gasteiger partial charge in [-0.15, -0.1) is 10.2 Å². The number of methoxy groups -OCH3 is 2. The standard InChI is InChI=1S/C24H22FN3O3S/c1-29-19-12-13-21(30-2)17(14-19)16-32-24-27-26-23(28(24)18-8-4-3-5-9-18)15-31-22-11-7-6-10-20(22)25/h3-14H,15-16H2,1-2H3. The topological polar surface area (TPSA) is 58.4 Å². The second-order valence-electron chi connectivity index (χ2n) is 6.76. The van der Waals surface area contributed by atoms with Crippen molar-refractivity contribution in [1.82, 2.24) is 14.8 Å². The van der Waals surface area contributed by atoms with Gasteiger partial charge in [-0.1, -0.05) is 42.1 Å². The maximum atomic E-state index is 14.0. The molecule has 0 bridgehead atoms. The molecule has 164 valence electrons. The van der Waals surface area contributed by atoms with Gasteiger partial charge in [0.05, 0.1) is 14.2 Å². The Hall–Kier alpha value is -3.52. The molecule has 1 heterocycles. The summed E-state index contributed by atoms with van der Waals surface area (Å²) < 4.78 is 32.4. The van der Waals surface area contributed by atoms with Gasteiger partial charge >= 0.3 is 0 Å². The SMILES string of the molecule is COc1ccc(OC)c(CSc2nnc(COc3ccccc3F)n2-c2ccccc2)c1. The number of thioether (sulfide) groups is 1. The van der Waals surface area contributed by atoms with E-state index in [2.05, 4.69) is 10.2 Å². The number of benzene rings is 3. The third kappa shape index (κ3) is 4.86. The van der Waals surface area contributed by atoms with Gasteiger partial charge in [0, 0.05) is 17.0 Å².